The van der Waals surface area contributed by atoms with Crippen LogP contribution in [0.1, 0.15) is 27.2 Å². The first-order valence-corrected chi connectivity index (χ1v) is 4.43. The number of thioether (sulfide) groups is 1. The second-order valence-corrected chi connectivity index (χ2v) is 3.23. The van der Waals surface area contributed by atoms with E-state index in [4.69, 9.17) is 0 Å². The van der Waals surface area contributed by atoms with E-state index in [0.717, 1.165) is 0 Å². The van der Waals surface area contributed by atoms with E-state index in [1.807, 2.05) is 18.7 Å². The van der Waals surface area contributed by atoms with Crippen molar-refractivity contribution in [2.24, 2.45) is 0 Å². The molecule has 0 bridgehead atoms. The van der Waals surface area contributed by atoms with Gasteiger partial charge in [-0.25, -0.2) is 0 Å². The Labute approximate surface area is 62.4 Å². The molecule has 0 heterocycles. The van der Waals surface area contributed by atoms with E-state index >= 15 is 0 Å². The Morgan fingerprint density at radius 1 is 1.44 bits per heavy atom. The molecule has 1 atom stereocenters. The lowest BCUT2D eigenvalue weighted by Crippen LogP contribution is -1.95. The molecule has 0 saturated heterocycles. The monoisotopic (exact) mass is 142 g/mol. The van der Waals surface area contributed by atoms with E-state index in [9.17, 15) is 0 Å². The Hall–Kier alpha value is -0.0900. The average molecular weight is 142 g/mol. The van der Waals surface area contributed by atoms with Gasteiger partial charge in [0.2, 0.25) is 0 Å². The van der Waals surface area contributed by atoms with Crippen LogP contribution in [0.3, 0.4) is 0 Å². The van der Waals surface area contributed by atoms with Crippen molar-refractivity contribution in [1.82, 2.24) is 0 Å². The lowest BCUT2D eigenvalue weighted by molar-refractivity contribution is 0.999. The van der Waals surface area contributed by atoms with Crippen molar-refractivity contribution in [2.45, 2.75) is 32.4 Å². The van der Waals surface area contributed by atoms with Crippen molar-refractivity contribution in [3.63, 3.8) is 0 Å². The van der Waals surface area contributed by atoms with E-state index < -0.39 is 0 Å². The summed E-state index contributed by atoms with van der Waals surface area (Å²) in [5, 5.41) is 0.569. The highest BCUT2D eigenvalue weighted by Crippen LogP contribution is 2.11. The Morgan fingerprint density at radius 3 is 2.44 bits per heavy atom. The normalized spacial score (nSPS) is 11.9. The fraction of sp³-hybridized carbons (Fsp3) is 0.750. The minimum atomic E-state index is 0.569. The molecule has 52 valence electrons. The molecular formula is C8H14S. The van der Waals surface area contributed by atoms with Gasteiger partial charge in [0, 0.05) is 0 Å². The third kappa shape index (κ3) is 4.42. The van der Waals surface area contributed by atoms with Gasteiger partial charge in [-0.3, -0.25) is 0 Å². The minimum Gasteiger partial charge on any atom is -0.146 e. The first-order valence-electron chi connectivity index (χ1n) is 3.39. The van der Waals surface area contributed by atoms with Crippen molar-refractivity contribution in [1.29, 1.82) is 0 Å². The smallest absolute Gasteiger partial charge is 0.0654 e. The summed E-state index contributed by atoms with van der Waals surface area (Å²) in [6.45, 7) is 6.25. The first kappa shape index (κ1) is 8.91. The zero-order valence-electron chi connectivity index (χ0n) is 6.40. The topological polar surface area (TPSA) is 0 Å². The van der Waals surface area contributed by atoms with Crippen LogP contribution in [-0.2, 0) is 0 Å². The molecule has 0 spiro atoms. The maximum atomic E-state index is 3.15. The number of hydrogen-bond acceptors (Lipinski definition) is 1. The second-order valence-electron chi connectivity index (χ2n) is 1.75. The van der Waals surface area contributed by atoms with Crippen molar-refractivity contribution >= 4 is 11.8 Å². The van der Waals surface area contributed by atoms with Crippen LogP contribution >= 0.6 is 11.8 Å². The van der Waals surface area contributed by atoms with Crippen molar-refractivity contribution in [3.05, 3.63) is 0 Å². The van der Waals surface area contributed by atoms with Crippen LogP contribution in [0.2, 0.25) is 0 Å². The third-order valence-corrected chi connectivity index (χ3v) is 2.23. The van der Waals surface area contributed by atoms with Crippen LogP contribution < -0.4 is 0 Å². The van der Waals surface area contributed by atoms with Gasteiger partial charge in [0.1, 0.15) is 0 Å². The predicted molar refractivity (Wildman–Crippen MR) is 45.7 cm³/mol. The van der Waals surface area contributed by atoms with E-state index in [0.29, 0.717) is 5.25 Å². The summed E-state index contributed by atoms with van der Waals surface area (Å²) < 4.78 is 0. The molecule has 0 N–H and O–H groups in total. The first-order chi connectivity index (χ1) is 4.35. The summed E-state index contributed by atoms with van der Waals surface area (Å²) in [7, 11) is 0. The van der Waals surface area contributed by atoms with Gasteiger partial charge in [-0.1, -0.05) is 19.8 Å². The van der Waals surface area contributed by atoms with Crippen LogP contribution in [0, 0.1) is 11.8 Å². The van der Waals surface area contributed by atoms with Gasteiger partial charge in [0.15, 0.2) is 0 Å². The highest BCUT2D eigenvalue weighted by Gasteiger charge is 1.97. The highest BCUT2D eigenvalue weighted by atomic mass is 32.2. The Morgan fingerprint density at radius 2 is 2.11 bits per heavy atom. The molecule has 0 fully saturated rings. The lowest BCUT2D eigenvalue weighted by atomic mass is 10.3. The van der Waals surface area contributed by atoms with Crippen LogP contribution in [0.25, 0.3) is 0 Å². The molecule has 0 rings (SSSR count). The molecule has 0 aromatic carbocycles. The zero-order valence-corrected chi connectivity index (χ0v) is 7.22. The van der Waals surface area contributed by atoms with Gasteiger partial charge in [0.05, 0.1) is 5.25 Å². The minimum absolute atomic E-state index is 0.569. The van der Waals surface area contributed by atoms with Gasteiger partial charge >= 0.3 is 0 Å². The van der Waals surface area contributed by atoms with Gasteiger partial charge in [-0.2, -0.15) is 0 Å². The second kappa shape index (κ2) is 6.04. The van der Waals surface area contributed by atoms with E-state index in [-0.39, 0.29) is 0 Å². The molecule has 0 aromatic heterocycles. The van der Waals surface area contributed by atoms with E-state index in [1.54, 1.807) is 0 Å². The largest absolute Gasteiger partial charge is 0.146 e. The molecule has 0 aliphatic rings. The van der Waals surface area contributed by atoms with Crippen molar-refractivity contribution < 1.29 is 0 Å². The van der Waals surface area contributed by atoms with E-state index in [1.165, 1.54) is 12.2 Å². The molecule has 0 aliphatic carbocycles. The molecule has 9 heavy (non-hydrogen) atoms. The molecule has 1 heteroatoms. The van der Waals surface area contributed by atoms with Gasteiger partial charge in [-0.15, -0.1) is 17.7 Å². The number of rotatable bonds is 3. The zero-order chi connectivity index (χ0) is 7.11. The molecule has 0 saturated carbocycles. The number of hydrogen-bond donors (Lipinski definition) is 0. The Bertz CT molecular complexity index is 107. The van der Waals surface area contributed by atoms with Gasteiger partial charge in [-0.05, 0) is 19.1 Å². The Kier molecular flexibility index (Phi) is 5.98. The lowest BCUT2D eigenvalue weighted by Gasteiger charge is -2.02. The SMILES string of the molecule is CC#CC(CC)SCC. The quantitative estimate of drug-likeness (QED) is 0.546. The summed E-state index contributed by atoms with van der Waals surface area (Å²) in [5.41, 5.74) is 0. The summed E-state index contributed by atoms with van der Waals surface area (Å²) in [6, 6.07) is 0. The van der Waals surface area contributed by atoms with Crippen molar-refractivity contribution in [3.8, 4) is 11.8 Å². The molecule has 0 nitrogen and oxygen atoms in total. The van der Waals surface area contributed by atoms with Crippen molar-refractivity contribution in [2.75, 3.05) is 5.75 Å². The molecule has 1 unspecified atom stereocenters. The predicted octanol–water partition coefficient (Wildman–Crippen LogP) is 2.54. The fourth-order valence-electron chi connectivity index (χ4n) is 0.624. The summed E-state index contributed by atoms with van der Waals surface area (Å²) >= 11 is 1.93. The summed E-state index contributed by atoms with van der Waals surface area (Å²) in [5.74, 6) is 7.25. The maximum Gasteiger partial charge on any atom is 0.0654 e. The molecule has 0 amide bonds. The third-order valence-electron chi connectivity index (χ3n) is 1.04. The van der Waals surface area contributed by atoms with Crippen LogP contribution in [0.4, 0.5) is 0 Å². The average Bonchev–Trinajstić information content (AvgIpc) is 1.88. The van der Waals surface area contributed by atoms with E-state index in [2.05, 4.69) is 25.7 Å². The van der Waals surface area contributed by atoms with Crippen LogP contribution in [0.5, 0.6) is 0 Å². The summed E-state index contributed by atoms with van der Waals surface area (Å²) in [4.78, 5) is 0. The maximum absolute atomic E-state index is 3.15. The molecular weight excluding hydrogens is 128 g/mol. The summed E-state index contributed by atoms with van der Waals surface area (Å²) in [6.07, 6.45) is 1.17. The Balaban J connectivity index is 3.50. The highest BCUT2D eigenvalue weighted by molar-refractivity contribution is 8.00. The molecule has 0 radical (unpaired) electrons. The van der Waals surface area contributed by atoms with Gasteiger partial charge in [0.25, 0.3) is 0 Å². The van der Waals surface area contributed by atoms with Crippen LogP contribution in [-0.4, -0.2) is 11.0 Å². The fourth-order valence-corrected chi connectivity index (χ4v) is 1.46. The molecule has 0 aromatic rings. The molecule has 0 aliphatic heterocycles. The van der Waals surface area contributed by atoms with Crippen LogP contribution in [0.15, 0.2) is 0 Å². The van der Waals surface area contributed by atoms with Gasteiger partial charge < -0.3 is 0 Å². The standard InChI is InChI=1S/C8H14S/c1-4-7-8(5-2)9-6-3/h8H,5-6H2,1-3H3.